The van der Waals surface area contributed by atoms with Crippen molar-refractivity contribution in [2.24, 2.45) is 0 Å². The predicted octanol–water partition coefficient (Wildman–Crippen LogP) is 3.64. The Labute approximate surface area is 185 Å². The van der Waals surface area contributed by atoms with Crippen molar-refractivity contribution in [3.8, 4) is 11.5 Å². The molecule has 0 saturated carbocycles. The zero-order valence-corrected chi connectivity index (χ0v) is 19.3. The third-order valence-corrected chi connectivity index (χ3v) is 7.45. The van der Waals surface area contributed by atoms with Gasteiger partial charge in [0.1, 0.15) is 0 Å². The van der Waals surface area contributed by atoms with E-state index in [-0.39, 0.29) is 24.6 Å². The molecule has 0 bridgehead atoms. The lowest BCUT2D eigenvalue weighted by Crippen LogP contribution is -2.48. The van der Waals surface area contributed by atoms with Crippen molar-refractivity contribution in [2.75, 3.05) is 33.0 Å². The Morgan fingerprint density at radius 2 is 1.53 bits per heavy atom. The van der Waals surface area contributed by atoms with E-state index in [4.69, 9.17) is 9.47 Å². The molecule has 0 radical (unpaired) electrons. The Kier molecular flexibility index (Phi) is 6.67. The summed E-state index contributed by atoms with van der Waals surface area (Å²) < 4.78 is 38.4. The second-order valence-electron chi connectivity index (χ2n) is 8.64. The molecule has 2 aliphatic heterocycles. The Morgan fingerprint density at radius 3 is 2.17 bits per heavy atom. The third kappa shape index (κ3) is 4.75. The highest BCUT2D eigenvalue weighted by atomic mass is 35.5. The fourth-order valence-electron chi connectivity index (χ4n) is 3.70. The van der Waals surface area contributed by atoms with Crippen LogP contribution in [0.4, 0.5) is 0 Å². The normalized spacial score (nSPS) is 17.6. The molecule has 164 valence electrons. The lowest BCUT2D eigenvalue weighted by molar-refractivity contribution is 0.173. The van der Waals surface area contributed by atoms with E-state index in [2.05, 4.69) is 25.7 Å². The zero-order valence-electron chi connectivity index (χ0n) is 17.6. The van der Waals surface area contributed by atoms with Gasteiger partial charge >= 0.3 is 0 Å². The van der Waals surface area contributed by atoms with Gasteiger partial charge in [0.15, 0.2) is 11.5 Å². The van der Waals surface area contributed by atoms with Crippen LogP contribution in [-0.2, 0) is 22.0 Å². The van der Waals surface area contributed by atoms with E-state index in [1.165, 1.54) is 0 Å². The van der Waals surface area contributed by atoms with Crippen LogP contribution in [0.5, 0.6) is 11.5 Å². The first-order chi connectivity index (χ1) is 13.7. The van der Waals surface area contributed by atoms with E-state index in [0.717, 1.165) is 29.2 Å². The van der Waals surface area contributed by atoms with Gasteiger partial charge in [0.25, 0.3) is 0 Å². The lowest BCUT2D eigenvalue weighted by atomic mass is 9.87. The summed E-state index contributed by atoms with van der Waals surface area (Å²) in [6, 6.07) is 13.3. The molecular weight excluding hydrogens is 424 g/mol. The first-order valence-corrected chi connectivity index (χ1v) is 11.4. The molecule has 2 aliphatic rings. The van der Waals surface area contributed by atoms with Crippen LogP contribution in [0.1, 0.15) is 31.9 Å². The van der Waals surface area contributed by atoms with Gasteiger partial charge in [0, 0.05) is 32.7 Å². The molecule has 0 unspecified atom stereocenters. The molecule has 8 heteroatoms. The summed E-state index contributed by atoms with van der Waals surface area (Å²) in [5.41, 5.74) is 2.27. The zero-order chi connectivity index (χ0) is 20.6. The average molecular weight is 453 g/mol. The number of sulfonamides is 1. The highest BCUT2D eigenvalue weighted by Crippen LogP contribution is 2.33. The molecule has 2 aromatic carbocycles. The summed E-state index contributed by atoms with van der Waals surface area (Å²) in [5, 5.41) is 0. The lowest BCUT2D eigenvalue weighted by Gasteiger charge is -2.34. The van der Waals surface area contributed by atoms with Crippen molar-refractivity contribution < 1.29 is 17.9 Å². The molecule has 30 heavy (non-hydrogen) atoms. The van der Waals surface area contributed by atoms with Crippen LogP contribution in [-0.4, -0.2) is 50.6 Å². The fraction of sp³-hybridized carbons (Fsp3) is 0.455. The monoisotopic (exact) mass is 452 g/mol. The van der Waals surface area contributed by atoms with Crippen LogP contribution in [0.3, 0.4) is 0 Å². The molecule has 2 aromatic rings. The number of halogens is 1. The molecule has 1 saturated heterocycles. The van der Waals surface area contributed by atoms with Crippen LogP contribution in [0.15, 0.2) is 47.4 Å². The Hall–Kier alpha value is -1.80. The summed E-state index contributed by atoms with van der Waals surface area (Å²) in [4.78, 5) is 2.64. The van der Waals surface area contributed by atoms with Crippen LogP contribution in [0.2, 0.25) is 0 Å². The first-order valence-electron chi connectivity index (χ1n) is 9.95. The number of fused-ring (bicyclic) bond motifs is 1. The minimum absolute atomic E-state index is 0. The molecule has 0 aliphatic carbocycles. The molecule has 0 N–H and O–H groups in total. The molecule has 0 spiro atoms. The maximum Gasteiger partial charge on any atom is 0.243 e. The van der Waals surface area contributed by atoms with Gasteiger partial charge in [-0.25, -0.2) is 8.42 Å². The number of benzene rings is 2. The number of rotatable bonds is 4. The van der Waals surface area contributed by atoms with Gasteiger partial charge < -0.3 is 9.47 Å². The van der Waals surface area contributed by atoms with Gasteiger partial charge in [0.05, 0.1) is 4.90 Å². The average Bonchev–Trinajstić information content (AvgIpc) is 3.16. The van der Waals surface area contributed by atoms with E-state index in [0.29, 0.717) is 31.1 Å². The van der Waals surface area contributed by atoms with Crippen molar-refractivity contribution in [1.29, 1.82) is 0 Å². The molecule has 4 rings (SSSR count). The van der Waals surface area contributed by atoms with Gasteiger partial charge in [0.2, 0.25) is 16.8 Å². The largest absolute Gasteiger partial charge is 0.454 e. The number of hydrogen-bond acceptors (Lipinski definition) is 5. The predicted molar refractivity (Wildman–Crippen MR) is 119 cm³/mol. The molecule has 1 fully saturated rings. The van der Waals surface area contributed by atoms with Gasteiger partial charge in [-0.15, -0.1) is 12.4 Å². The number of ether oxygens (including phenoxy) is 2. The van der Waals surface area contributed by atoms with Gasteiger partial charge in [-0.05, 0) is 40.8 Å². The fourth-order valence-corrected chi connectivity index (χ4v) is 5.12. The van der Waals surface area contributed by atoms with Crippen LogP contribution < -0.4 is 9.47 Å². The number of piperazine rings is 1. The van der Waals surface area contributed by atoms with E-state index in [9.17, 15) is 8.42 Å². The van der Waals surface area contributed by atoms with Crippen molar-refractivity contribution in [3.05, 3.63) is 53.6 Å². The van der Waals surface area contributed by atoms with E-state index in [1.807, 2.05) is 30.3 Å². The van der Waals surface area contributed by atoms with Crippen LogP contribution in [0, 0.1) is 0 Å². The second-order valence-corrected chi connectivity index (χ2v) is 10.6. The Balaban J connectivity index is 0.00000256. The minimum atomic E-state index is -3.46. The maximum absolute atomic E-state index is 13.0. The quantitative estimate of drug-likeness (QED) is 0.708. The van der Waals surface area contributed by atoms with Gasteiger partial charge in [-0.3, -0.25) is 4.90 Å². The maximum atomic E-state index is 13.0. The Morgan fingerprint density at radius 1 is 0.900 bits per heavy atom. The van der Waals surface area contributed by atoms with Crippen molar-refractivity contribution >= 4 is 22.4 Å². The smallest absolute Gasteiger partial charge is 0.243 e. The van der Waals surface area contributed by atoms with E-state index in [1.54, 1.807) is 16.4 Å². The van der Waals surface area contributed by atoms with Crippen molar-refractivity contribution in [2.45, 2.75) is 37.6 Å². The molecule has 2 heterocycles. The van der Waals surface area contributed by atoms with Gasteiger partial charge in [-0.1, -0.05) is 39.0 Å². The minimum Gasteiger partial charge on any atom is -0.454 e. The van der Waals surface area contributed by atoms with Gasteiger partial charge in [-0.2, -0.15) is 4.31 Å². The summed E-state index contributed by atoms with van der Waals surface area (Å²) in [6.45, 7) is 9.79. The molecular formula is C22H29ClN2O4S. The van der Waals surface area contributed by atoms with E-state index < -0.39 is 10.0 Å². The number of hydrogen-bond donors (Lipinski definition) is 0. The second kappa shape index (κ2) is 8.75. The summed E-state index contributed by atoms with van der Waals surface area (Å²) >= 11 is 0. The topological polar surface area (TPSA) is 59.1 Å². The molecule has 0 aromatic heterocycles. The first kappa shape index (κ1) is 22.9. The Bertz CT molecular complexity index is 979. The summed E-state index contributed by atoms with van der Waals surface area (Å²) in [7, 11) is -3.46. The molecule has 0 amide bonds. The van der Waals surface area contributed by atoms with Crippen molar-refractivity contribution in [3.63, 3.8) is 0 Å². The molecule has 6 nitrogen and oxygen atoms in total. The SMILES string of the molecule is CC(C)(C)c1ccc(S(=O)(=O)N2CCN(Cc3ccc4c(c3)OCO4)CC2)cc1.Cl. The summed E-state index contributed by atoms with van der Waals surface area (Å²) in [6.07, 6.45) is 0. The van der Waals surface area contributed by atoms with E-state index >= 15 is 0 Å². The summed E-state index contributed by atoms with van der Waals surface area (Å²) in [5.74, 6) is 1.56. The highest BCUT2D eigenvalue weighted by Gasteiger charge is 2.29. The highest BCUT2D eigenvalue weighted by molar-refractivity contribution is 7.89. The number of nitrogens with zero attached hydrogens (tertiary/aromatic N) is 2. The third-order valence-electron chi connectivity index (χ3n) is 5.53. The standard InChI is InChI=1S/C22H28N2O4S.ClH/c1-22(2,3)18-5-7-19(8-6-18)29(25,26)24-12-10-23(11-13-24)15-17-4-9-20-21(14-17)28-16-27-20;/h4-9,14H,10-13,15-16H2,1-3H3;1H. The van der Waals surface area contributed by atoms with Crippen molar-refractivity contribution in [1.82, 2.24) is 9.21 Å². The molecule has 0 atom stereocenters. The van der Waals surface area contributed by atoms with Crippen LogP contribution in [0.25, 0.3) is 0 Å². The van der Waals surface area contributed by atoms with Crippen LogP contribution >= 0.6 is 12.4 Å².